The molecule has 0 atom stereocenters. The topological polar surface area (TPSA) is 53.2 Å². The van der Waals surface area contributed by atoms with E-state index in [1.807, 2.05) is 6.92 Å². The lowest BCUT2D eigenvalue weighted by Gasteiger charge is -2.13. The molecule has 3 heterocycles. The van der Waals surface area contributed by atoms with E-state index in [1.165, 1.54) is 0 Å². The zero-order valence-corrected chi connectivity index (χ0v) is 13.5. The van der Waals surface area contributed by atoms with Crippen LogP contribution in [-0.4, -0.2) is 9.13 Å². The second kappa shape index (κ2) is 4.72. The molecular formula is C18H18N2O3. The molecule has 5 nitrogen and oxygen atoms in total. The summed E-state index contributed by atoms with van der Waals surface area (Å²) >= 11 is 0. The largest absolute Gasteiger partial charge is 0.468 e. The smallest absolute Gasteiger partial charge is 0.254 e. The molecule has 1 aliphatic rings. The number of pyridine rings is 2. The lowest BCUT2D eigenvalue weighted by molar-refractivity contribution is 0.268. The number of aryl methyl sites for hydroxylation is 3. The Balaban J connectivity index is 2.31. The third-order valence-electron chi connectivity index (χ3n) is 4.70. The molecule has 1 aliphatic heterocycles. The van der Waals surface area contributed by atoms with E-state index in [1.54, 1.807) is 28.3 Å². The van der Waals surface area contributed by atoms with Crippen LogP contribution in [0.4, 0.5) is 0 Å². The standard InChI is InChI=1S/C18H18N2O3/c1-4-5-11-7-14(21)19(3)16-13(11)8-12-10(2)6-15(22)20-9-23-18(16)17(12)20/h6-8H,4-5,9H2,1-3H3. The second-order valence-electron chi connectivity index (χ2n) is 6.18. The molecule has 5 heteroatoms. The van der Waals surface area contributed by atoms with Crippen molar-refractivity contribution in [2.24, 2.45) is 7.05 Å². The molecule has 0 bridgehead atoms. The van der Waals surface area contributed by atoms with E-state index in [0.717, 1.165) is 45.8 Å². The van der Waals surface area contributed by atoms with E-state index in [2.05, 4.69) is 13.0 Å². The molecule has 0 radical (unpaired) electrons. The first-order valence-electron chi connectivity index (χ1n) is 7.85. The first-order chi connectivity index (χ1) is 11.0. The van der Waals surface area contributed by atoms with Crippen LogP contribution in [0.1, 0.15) is 24.5 Å². The maximum absolute atomic E-state index is 12.3. The van der Waals surface area contributed by atoms with E-state index < -0.39 is 0 Å². The van der Waals surface area contributed by atoms with Crippen molar-refractivity contribution in [2.45, 2.75) is 33.4 Å². The summed E-state index contributed by atoms with van der Waals surface area (Å²) < 4.78 is 9.09. The highest BCUT2D eigenvalue weighted by Gasteiger charge is 2.23. The summed E-state index contributed by atoms with van der Waals surface area (Å²) in [5.41, 5.74) is 3.44. The third-order valence-corrected chi connectivity index (χ3v) is 4.70. The molecule has 3 aromatic rings. The monoisotopic (exact) mass is 310 g/mol. The average Bonchev–Trinajstić information content (AvgIpc) is 2.95. The van der Waals surface area contributed by atoms with E-state index in [-0.39, 0.29) is 17.8 Å². The van der Waals surface area contributed by atoms with Crippen LogP contribution in [0.25, 0.3) is 21.8 Å². The molecule has 0 saturated heterocycles. The van der Waals surface area contributed by atoms with Crippen LogP contribution in [-0.2, 0) is 20.2 Å². The zero-order valence-electron chi connectivity index (χ0n) is 13.5. The minimum atomic E-state index is -0.0668. The molecule has 0 fully saturated rings. The Morgan fingerprint density at radius 3 is 2.61 bits per heavy atom. The van der Waals surface area contributed by atoms with E-state index in [4.69, 9.17) is 4.74 Å². The number of aromatic nitrogens is 2. The Bertz CT molecular complexity index is 1090. The fourth-order valence-corrected chi connectivity index (χ4v) is 3.54. The van der Waals surface area contributed by atoms with Gasteiger partial charge in [0.05, 0.1) is 11.0 Å². The van der Waals surface area contributed by atoms with Crippen LogP contribution >= 0.6 is 0 Å². The highest BCUT2D eigenvalue weighted by molar-refractivity contribution is 6.05. The summed E-state index contributed by atoms with van der Waals surface area (Å²) in [4.78, 5) is 24.5. The number of ether oxygens (including phenoxy) is 1. The SMILES string of the molecule is CCCc1cc(=O)n(C)c2c3c4c(cc12)c(C)cc(=O)n4CO3. The molecule has 0 saturated carbocycles. The van der Waals surface area contributed by atoms with Crippen LogP contribution in [0, 0.1) is 6.92 Å². The quantitative estimate of drug-likeness (QED) is 0.683. The van der Waals surface area contributed by atoms with Gasteiger partial charge in [0.2, 0.25) is 0 Å². The Morgan fingerprint density at radius 1 is 1.09 bits per heavy atom. The predicted molar refractivity (Wildman–Crippen MR) is 90.3 cm³/mol. The lowest BCUT2D eigenvalue weighted by Crippen LogP contribution is -2.18. The van der Waals surface area contributed by atoms with Crippen LogP contribution in [0.15, 0.2) is 27.8 Å². The number of hydrogen-bond acceptors (Lipinski definition) is 3. The van der Waals surface area contributed by atoms with Gasteiger partial charge in [0.1, 0.15) is 0 Å². The molecule has 4 rings (SSSR count). The maximum Gasteiger partial charge on any atom is 0.254 e. The summed E-state index contributed by atoms with van der Waals surface area (Å²) in [6.07, 6.45) is 1.81. The maximum atomic E-state index is 12.3. The lowest BCUT2D eigenvalue weighted by atomic mass is 10.00. The van der Waals surface area contributed by atoms with Crippen LogP contribution in [0.3, 0.4) is 0 Å². The number of benzene rings is 1. The first-order valence-corrected chi connectivity index (χ1v) is 7.85. The summed E-state index contributed by atoms with van der Waals surface area (Å²) in [7, 11) is 1.75. The summed E-state index contributed by atoms with van der Waals surface area (Å²) in [6.45, 7) is 4.25. The molecule has 23 heavy (non-hydrogen) atoms. The van der Waals surface area contributed by atoms with Crippen molar-refractivity contribution in [1.82, 2.24) is 9.13 Å². The summed E-state index contributed by atoms with van der Waals surface area (Å²) in [5.74, 6) is 0.649. The van der Waals surface area contributed by atoms with Gasteiger partial charge in [-0.05, 0) is 30.5 Å². The van der Waals surface area contributed by atoms with Crippen LogP contribution in [0.2, 0.25) is 0 Å². The van der Waals surface area contributed by atoms with Crippen molar-refractivity contribution in [3.05, 3.63) is 50.0 Å². The van der Waals surface area contributed by atoms with Crippen molar-refractivity contribution < 1.29 is 4.74 Å². The van der Waals surface area contributed by atoms with Gasteiger partial charge in [-0.3, -0.25) is 14.2 Å². The van der Waals surface area contributed by atoms with Gasteiger partial charge in [0.15, 0.2) is 12.5 Å². The van der Waals surface area contributed by atoms with Gasteiger partial charge in [0.25, 0.3) is 11.1 Å². The first kappa shape index (κ1) is 14.1. The van der Waals surface area contributed by atoms with Gasteiger partial charge in [0, 0.05) is 30.0 Å². The molecular weight excluding hydrogens is 292 g/mol. The van der Waals surface area contributed by atoms with Crippen LogP contribution < -0.4 is 15.9 Å². The molecule has 0 aliphatic carbocycles. The molecule has 0 unspecified atom stereocenters. The molecule has 0 N–H and O–H groups in total. The Hall–Kier alpha value is -2.56. The van der Waals surface area contributed by atoms with Crippen molar-refractivity contribution >= 4 is 21.8 Å². The Kier molecular flexibility index (Phi) is 2.88. The fraction of sp³-hybridized carbons (Fsp3) is 0.333. The van der Waals surface area contributed by atoms with Crippen LogP contribution in [0.5, 0.6) is 5.75 Å². The van der Waals surface area contributed by atoms with E-state index >= 15 is 0 Å². The van der Waals surface area contributed by atoms with Gasteiger partial charge >= 0.3 is 0 Å². The Morgan fingerprint density at radius 2 is 1.87 bits per heavy atom. The molecule has 2 aromatic heterocycles. The van der Waals surface area contributed by atoms with Crippen molar-refractivity contribution in [1.29, 1.82) is 0 Å². The number of hydrogen-bond donors (Lipinski definition) is 0. The zero-order chi connectivity index (χ0) is 16.3. The van der Waals surface area contributed by atoms with Gasteiger partial charge in [-0.1, -0.05) is 13.3 Å². The normalized spacial score (nSPS) is 13.0. The minimum Gasteiger partial charge on any atom is -0.468 e. The molecule has 1 aromatic carbocycles. The highest BCUT2D eigenvalue weighted by Crippen LogP contribution is 2.39. The van der Waals surface area contributed by atoms with Gasteiger partial charge in [-0.25, -0.2) is 0 Å². The third kappa shape index (κ3) is 1.79. The number of fused-ring (bicyclic) bond motifs is 2. The van der Waals surface area contributed by atoms with Gasteiger partial charge in [-0.15, -0.1) is 0 Å². The van der Waals surface area contributed by atoms with Gasteiger partial charge < -0.3 is 9.30 Å². The number of nitrogens with zero attached hydrogens (tertiary/aromatic N) is 2. The van der Waals surface area contributed by atoms with Crippen molar-refractivity contribution in [3.63, 3.8) is 0 Å². The average molecular weight is 310 g/mol. The minimum absolute atomic E-state index is 0.0476. The Labute approximate surface area is 132 Å². The van der Waals surface area contributed by atoms with Crippen molar-refractivity contribution in [2.75, 3.05) is 0 Å². The van der Waals surface area contributed by atoms with E-state index in [0.29, 0.717) is 5.75 Å². The molecule has 0 amide bonds. The summed E-state index contributed by atoms with van der Waals surface area (Å²) in [6, 6.07) is 5.46. The molecule has 118 valence electrons. The fourth-order valence-electron chi connectivity index (χ4n) is 3.54. The van der Waals surface area contributed by atoms with Crippen molar-refractivity contribution in [3.8, 4) is 5.75 Å². The summed E-state index contributed by atoms with van der Waals surface area (Å²) in [5, 5.41) is 2.05. The second-order valence-corrected chi connectivity index (χ2v) is 6.18. The van der Waals surface area contributed by atoms with E-state index in [9.17, 15) is 9.59 Å². The predicted octanol–water partition coefficient (Wildman–Crippen LogP) is 2.46. The van der Waals surface area contributed by atoms with Gasteiger partial charge in [-0.2, -0.15) is 0 Å². The number of rotatable bonds is 2. The highest BCUT2D eigenvalue weighted by atomic mass is 16.5. The molecule has 0 spiro atoms.